The Balaban J connectivity index is 2.21. The van der Waals surface area contributed by atoms with Gasteiger partial charge >= 0.3 is 18.0 Å². The van der Waals surface area contributed by atoms with E-state index in [0.717, 1.165) is 0 Å². The fourth-order valence-corrected chi connectivity index (χ4v) is 3.24. The zero-order chi connectivity index (χ0) is 23.7. The second-order valence-corrected chi connectivity index (χ2v) is 7.19. The zero-order valence-electron chi connectivity index (χ0n) is 18.5. The van der Waals surface area contributed by atoms with E-state index in [1.165, 1.54) is 7.11 Å². The minimum Gasteiger partial charge on any atom is -0.465 e. The van der Waals surface area contributed by atoms with Crippen LogP contribution < -0.4 is 16.0 Å². The molecule has 3 N–H and O–H groups in total. The van der Waals surface area contributed by atoms with Gasteiger partial charge in [-0.2, -0.15) is 0 Å². The minimum atomic E-state index is -0.571. The summed E-state index contributed by atoms with van der Waals surface area (Å²) >= 11 is 5.40. The number of carbonyl (C=O) groups excluding carboxylic acids is 3. The van der Waals surface area contributed by atoms with Gasteiger partial charge in [0.15, 0.2) is 5.11 Å². The van der Waals surface area contributed by atoms with Crippen molar-refractivity contribution in [3.8, 4) is 0 Å². The molecule has 0 spiro atoms. The van der Waals surface area contributed by atoms with E-state index in [4.69, 9.17) is 26.4 Å². The Bertz CT molecular complexity index is 904. The summed E-state index contributed by atoms with van der Waals surface area (Å²) in [5.41, 5.74) is 2.23. The highest BCUT2D eigenvalue weighted by atomic mass is 32.1. The standard InChI is InChI=1S/C21H28N4O6S/c1-5-30-16(26)12-22-20(28)23-15-8-6-7-14(11-15)18-17(19(27)31-10-9-29-4)13(2)25(3)21(32)24-18/h6-8,11,18H,5,9-10,12H2,1-4H3,(H,24,32)(H2,22,23,28). The number of hydrogen-bond donors (Lipinski definition) is 3. The molecule has 1 unspecified atom stereocenters. The van der Waals surface area contributed by atoms with Gasteiger partial charge in [0.2, 0.25) is 0 Å². The Labute approximate surface area is 192 Å². The molecule has 1 atom stereocenters. The number of ether oxygens (including phenoxy) is 3. The van der Waals surface area contributed by atoms with Crippen LogP contribution >= 0.6 is 12.2 Å². The van der Waals surface area contributed by atoms with Crippen molar-refractivity contribution in [2.75, 3.05) is 45.8 Å². The topological polar surface area (TPSA) is 118 Å². The lowest BCUT2D eigenvalue weighted by Crippen LogP contribution is -2.46. The molecule has 1 aliphatic heterocycles. The molecule has 0 radical (unpaired) electrons. The fraction of sp³-hybridized carbons (Fsp3) is 0.429. The van der Waals surface area contributed by atoms with Crippen molar-refractivity contribution in [3.05, 3.63) is 41.1 Å². The summed E-state index contributed by atoms with van der Waals surface area (Å²) in [5, 5.41) is 8.68. The normalized spacial score (nSPS) is 15.7. The van der Waals surface area contributed by atoms with Crippen LogP contribution in [-0.4, -0.2) is 68.5 Å². The summed E-state index contributed by atoms with van der Waals surface area (Å²) in [5.74, 6) is -1.02. The van der Waals surface area contributed by atoms with Crippen LogP contribution in [0, 0.1) is 0 Å². The van der Waals surface area contributed by atoms with Crippen molar-refractivity contribution in [1.29, 1.82) is 0 Å². The van der Waals surface area contributed by atoms with Gasteiger partial charge in [0.1, 0.15) is 13.2 Å². The summed E-state index contributed by atoms with van der Waals surface area (Å²) in [4.78, 5) is 38.0. The first-order valence-electron chi connectivity index (χ1n) is 10.00. The van der Waals surface area contributed by atoms with Crippen LogP contribution in [0.15, 0.2) is 35.5 Å². The highest BCUT2D eigenvalue weighted by Gasteiger charge is 2.33. The van der Waals surface area contributed by atoms with E-state index >= 15 is 0 Å². The molecule has 174 valence electrons. The van der Waals surface area contributed by atoms with E-state index in [9.17, 15) is 14.4 Å². The fourth-order valence-electron chi connectivity index (χ4n) is 2.98. The molecule has 1 heterocycles. The molecular formula is C21H28N4O6S. The Morgan fingerprint density at radius 3 is 2.66 bits per heavy atom. The number of allylic oxidation sites excluding steroid dienone is 1. The van der Waals surface area contributed by atoms with Crippen molar-refractivity contribution in [2.45, 2.75) is 19.9 Å². The lowest BCUT2D eigenvalue weighted by atomic mass is 9.95. The Kier molecular flexibility index (Phi) is 9.41. The number of urea groups is 1. The van der Waals surface area contributed by atoms with E-state index in [1.807, 2.05) is 6.07 Å². The maximum absolute atomic E-state index is 12.8. The molecule has 0 aromatic heterocycles. The van der Waals surface area contributed by atoms with E-state index in [2.05, 4.69) is 16.0 Å². The highest BCUT2D eigenvalue weighted by Crippen LogP contribution is 2.31. The maximum atomic E-state index is 12.8. The highest BCUT2D eigenvalue weighted by molar-refractivity contribution is 7.80. The quantitative estimate of drug-likeness (QED) is 0.285. The number of methoxy groups -OCH3 is 1. The van der Waals surface area contributed by atoms with Crippen LogP contribution in [0.2, 0.25) is 0 Å². The molecule has 0 fully saturated rings. The van der Waals surface area contributed by atoms with Gasteiger partial charge in [0, 0.05) is 25.5 Å². The Morgan fingerprint density at radius 2 is 1.97 bits per heavy atom. The number of hydrogen-bond acceptors (Lipinski definition) is 7. The first-order chi connectivity index (χ1) is 15.3. The van der Waals surface area contributed by atoms with E-state index in [1.54, 1.807) is 44.0 Å². The number of anilines is 1. The molecule has 2 amide bonds. The number of thiocarbonyl (C=S) groups is 1. The molecule has 0 bridgehead atoms. The monoisotopic (exact) mass is 464 g/mol. The van der Waals surface area contributed by atoms with Crippen LogP contribution in [0.1, 0.15) is 25.5 Å². The third-order valence-electron chi connectivity index (χ3n) is 4.67. The van der Waals surface area contributed by atoms with Gasteiger partial charge in [0.05, 0.1) is 24.8 Å². The van der Waals surface area contributed by atoms with Crippen molar-refractivity contribution in [1.82, 2.24) is 15.5 Å². The number of rotatable bonds is 9. The third-order valence-corrected chi connectivity index (χ3v) is 5.06. The zero-order valence-corrected chi connectivity index (χ0v) is 19.3. The molecule has 1 aromatic carbocycles. The molecule has 1 aromatic rings. The predicted octanol–water partition coefficient (Wildman–Crippen LogP) is 1.70. The maximum Gasteiger partial charge on any atom is 0.338 e. The first-order valence-corrected chi connectivity index (χ1v) is 10.4. The van der Waals surface area contributed by atoms with E-state index in [-0.39, 0.29) is 26.4 Å². The summed E-state index contributed by atoms with van der Waals surface area (Å²) in [7, 11) is 3.28. The predicted molar refractivity (Wildman–Crippen MR) is 122 cm³/mol. The molecule has 1 aliphatic rings. The van der Waals surface area contributed by atoms with Crippen molar-refractivity contribution >= 4 is 41.0 Å². The lowest BCUT2D eigenvalue weighted by molar-refractivity contribution is -0.142. The molecule has 32 heavy (non-hydrogen) atoms. The molecule has 10 nitrogen and oxygen atoms in total. The SMILES string of the molecule is CCOC(=O)CNC(=O)Nc1cccc(C2NC(=S)N(C)C(C)=C2C(=O)OCCOC)c1. The van der Waals surface area contributed by atoms with Gasteiger partial charge in [-0.25, -0.2) is 9.59 Å². The van der Waals surface area contributed by atoms with Crippen LogP contribution in [0.3, 0.4) is 0 Å². The van der Waals surface area contributed by atoms with Crippen molar-refractivity contribution in [3.63, 3.8) is 0 Å². The second-order valence-electron chi connectivity index (χ2n) is 6.81. The van der Waals surface area contributed by atoms with E-state index in [0.29, 0.717) is 27.6 Å². The summed E-state index contributed by atoms with van der Waals surface area (Å²) in [6, 6.07) is 5.82. The molecular weight excluding hydrogens is 436 g/mol. The molecule has 11 heteroatoms. The average Bonchev–Trinajstić information content (AvgIpc) is 2.76. The van der Waals surface area contributed by atoms with Crippen LogP contribution in [0.5, 0.6) is 0 Å². The van der Waals surface area contributed by atoms with Crippen molar-refractivity contribution < 1.29 is 28.6 Å². The number of carbonyl (C=O) groups is 3. The van der Waals surface area contributed by atoms with Crippen LogP contribution in [0.4, 0.5) is 10.5 Å². The molecule has 0 saturated heterocycles. The summed E-state index contributed by atoms with van der Waals surface area (Å²) in [6.45, 7) is 3.87. The average molecular weight is 465 g/mol. The van der Waals surface area contributed by atoms with Crippen LogP contribution in [0.25, 0.3) is 0 Å². The van der Waals surface area contributed by atoms with Gasteiger partial charge in [-0.05, 0) is 43.8 Å². The molecule has 0 saturated carbocycles. The number of nitrogens with zero attached hydrogens (tertiary/aromatic N) is 1. The smallest absolute Gasteiger partial charge is 0.338 e. The van der Waals surface area contributed by atoms with Gasteiger partial charge in [0.25, 0.3) is 0 Å². The van der Waals surface area contributed by atoms with E-state index < -0.39 is 24.0 Å². The summed E-state index contributed by atoms with van der Waals surface area (Å²) in [6.07, 6.45) is 0. The van der Waals surface area contributed by atoms with Gasteiger partial charge in [-0.15, -0.1) is 0 Å². The van der Waals surface area contributed by atoms with Crippen molar-refractivity contribution in [2.24, 2.45) is 0 Å². The van der Waals surface area contributed by atoms with Crippen LogP contribution in [-0.2, 0) is 23.8 Å². The first kappa shape index (κ1) is 25.1. The molecule has 2 rings (SSSR count). The largest absolute Gasteiger partial charge is 0.465 e. The molecule has 0 aliphatic carbocycles. The number of benzene rings is 1. The Hall–Kier alpha value is -3.18. The number of nitrogens with one attached hydrogen (secondary N) is 3. The van der Waals surface area contributed by atoms with Gasteiger partial charge in [-0.3, -0.25) is 4.79 Å². The van der Waals surface area contributed by atoms with Gasteiger partial charge in [-0.1, -0.05) is 12.1 Å². The number of amides is 2. The van der Waals surface area contributed by atoms with Gasteiger partial charge < -0.3 is 35.1 Å². The number of esters is 2. The third kappa shape index (κ3) is 6.66. The Morgan fingerprint density at radius 1 is 1.22 bits per heavy atom. The minimum absolute atomic E-state index is 0.120. The lowest BCUT2D eigenvalue weighted by Gasteiger charge is -2.35. The second kappa shape index (κ2) is 12.0. The summed E-state index contributed by atoms with van der Waals surface area (Å²) < 4.78 is 15.1.